The van der Waals surface area contributed by atoms with Gasteiger partial charge in [-0.05, 0) is 23.8 Å². The first-order chi connectivity index (χ1) is 13.9. The van der Waals surface area contributed by atoms with Gasteiger partial charge in [0.1, 0.15) is 12.3 Å². The van der Waals surface area contributed by atoms with E-state index in [4.69, 9.17) is 4.74 Å². The van der Waals surface area contributed by atoms with Crippen LogP contribution in [0.15, 0.2) is 60.3 Å². The number of hydrogen-bond acceptors (Lipinski definition) is 6. The van der Waals surface area contributed by atoms with E-state index in [2.05, 4.69) is 10.6 Å². The van der Waals surface area contributed by atoms with Crippen LogP contribution in [0.1, 0.15) is 22.8 Å². The number of amides is 2. The summed E-state index contributed by atoms with van der Waals surface area (Å²) in [5.41, 5.74) is 0.438. The van der Waals surface area contributed by atoms with Gasteiger partial charge in [-0.1, -0.05) is 30.3 Å². The van der Waals surface area contributed by atoms with Crippen LogP contribution >= 0.6 is 0 Å². The minimum atomic E-state index is -0.632. The number of ether oxygens (including phenoxy) is 1. The zero-order valence-corrected chi connectivity index (χ0v) is 15.6. The minimum absolute atomic E-state index is 0.0300. The molecule has 0 bridgehead atoms. The number of nitro benzene ring substituents is 1. The van der Waals surface area contributed by atoms with E-state index in [1.54, 1.807) is 36.4 Å². The Morgan fingerprint density at radius 2 is 1.83 bits per heavy atom. The first kappa shape index (κ1) is 21.3. The van der Waals surface area contributed by atoms with Crippen LogP contribution in [0.3, 0.4) is 0 Å². The second kappa shape index (κ2) is 10.4. The maximum absolute atomic E-state index is 12.5. The summed E-state index contributed by atoms with van der Waals surface area (Å²) in [4.78, 5) is 46.1. The van der Waals surface area contributed by atoms with Gasteiger partial charge in [-0.2, -0.15) is 0 Å². The third-order valence-electron chi connectivity index (χ3n) is 3.61. The largest absolute Gasteiger partial charge is 0.464 e. The lowest BCUT2D eigenvalue weighted by Crippen LogP contribution is -2.36. The molecule has 2 amide bonds. The third kappa shape index (κ3) is 6.90. The van der Waals surface area contributed by atoms with Gasteiger partial charge in [0.25, 0.3) is 17.5 Å². The number of nitro groups is 1. The minimum Gasteiger partial charge on any atom is -0.464 e. The number of nitrogens with zero attached hydrogens (tertiary/aromatic N) is 1. The molecule has 0 fully saturated rings. The molecule has 0 spiro atoms. The highest BCUT2D eigenvalue weighted by atomic mass is 16.6. The highest BCUT2D eigenvalue weighted by Crippen LogP contribution is 2.15. The van der Waals surface area contributed by atoms with Crippen LogP contribution in [0.2, 0.25) is 0 Å². The van der Waals surface area contributed by atoms with E-state index >= 15 is 0 Å². The van der Waals surface area contributed by atoms with Crippen LogP contribution in [-0.4, -0.2) is 35.9 Å². The molecule has 0 aliphatic carbocycles. The Balaban J connectivity index is 2.23. The van der Waals surface area contributed by atoms with Gasteiger partial charge < -0.3 is 15.4 Å². The third-order valence-corrected chi connectivity index (χ3v) is 3.61. The summed E-state index contributed by atoms with van der Waals surface area (Å²) >= 11 is 0. The number of benzene rings is 2. The summed E-state index contributed by atoms with van der Waals surface area (Å²) in [5.74, 6) is -1.63. The molecule has 0 aromatic heterocycles. The van der Waals surface area contributed by atoms with E-state index in [0.717, 1.165) is 0 Å². The molecule has 0 aliphatic rings. The number of non-ortho nitro benzene ring substituents is 1. The van der Waals surface area contributed by atoms with Crippen molar-refractivity contribution in [1.29, 1.82) is 0 Å². The summed E-state index contributed by atoms with van der Waals surface area (Å²) in [6.07, 6.45) is 1.33. The molecule has 0 heterocycles. The van der Waals surface area contributed by atoms with E-state index in [-0.39, 0.29) is 24.5 Å². The van der Waals surface area contributed by atoms with Crippen LogP contribution in [0, 0.1) is 10.1 Å². The van der Waals surface area contributed by atoms with E-state index in [1.165, 1.54) is 31.2 Å². The van der Waals surface area contributed by atoms with Crippen molar-refractivity contribution in [3.05, 3.63) is 81.5 Å². The number of esters is 1. The predicted molar refractivity (Wildman–Crippen MR) is 105 cm³/mol. The first-order valence-corrected chi connectivity index (χ1v) is 8.61. The van der Waals surface area contributed by atoms with E-state index in [1.807, 2.05) is 0 Å². The van der Waals surface area contributed by atoms with Gasteiger partial charge in [0.05, 0.1) is 11.5 Å². The maximum Gasteiger partial charge on any atom is 0.302 e. The summed E-state index contributed by atoms with van der Waals surface area (Å²) in [6.45, 7) is 1.25. The molecule has 2 N–H and O–H groups in total. The SMILES string of the molecule is CC(=O)OCCNC(=O)C(=Cc1cccc([N+](=O)[O-])c1)NC(=O)c1ccccc1. The second-order valence-corrected chi connectivity index (χ2v) is 5.83. The summed E-state index contributed by atoms with van der Waals surface area (Å²) < 4.78 is 4.75. The quantitative estimate of drug-likeness (QED) is 0.231. The molecule has 0 aliphatic heterocycles. The molecule has 2 aromatic carbocycles. The number of hydrogen-bond donors (Lipinski definition) is 2. The van der Waals surface area contributed by atoms with Gasteiger partial charge in [-0.3, -0.25) is 24.5 Å². The molecular weight excluding hydrogens is 378 g/mol. The van der Waals surface area contributed by atoms with Crippen molar-refractivity contribution < 1.29 is 24.0 Å². The number of nitrogens with one attached hydrogen (secondary N) is 2. The lowest BCUT2D eigenvalue weighted by molar-refractivity contribution is -0.384. The Morgan fingerprint density at radius 1 is 1.10 bits per heavy atom. The van der Waals surface area contributed by atoms with Gasteiger partial charge in [0, 0.05) is 24.6 Å². The Labute approximate surface area is 166 Å². The van der Waals surface area contributed by atoms with Crippen molar-refractivity contribution >= 4 is 29.5 Å². The summed E-state index contributed by atoms with van der Waals surface area (Å²) in [5, 5.41) is 16.0. The van der Waals surface area contributed by atoms with Crippen LogP contribution < -0.4 is 10.6 Å². The summed E-state index contributed by atoms with van der Waals surface area (Å²) in [6, 6.07) is 13.9. The lowest BCUT2D eigenvalue weighted by atomic mass is 10.1. The van der Waals surface area contributed by atoms with Crippen molar-refractivity contribution in [3.8, 4) is 0 Å². The summed E-state index contributed by atoms with van der Waals surface area (Å²) in [7, 11) is 0. The molecule has 9 nitrogen and oxygen atoms in total. The maximum atomic E-state index is 12.5. The van der Waals surface area contributed by atoms with Crippen LogP contribution in [0.25, 0.3) is 6.08 Å². The Bertz CT molecular complexity index is 940. The van der Waals surface area contributed by atoms with Gasteiger partial charge in [0.2, 0.25) is 0 Å². The van der Waals surface area contributed by atoms with Crippen LogP contribution in [0.4, 0.5) is 5.69 Å². The van der Waals surface area contributed by atoms with Crippen molar-refractivity contribution in [2.24, 2.45) is 0 Å². The molecule has 150 valence electrons. The van der Waals surface area contributed by atoms with Crippen molar-refractivity contribution in [2.45, 2.75) is 6.92 Å². The van der Waals surface area contributed by atoms with Crippen molar-refractivity contribution in [1.82, 2.24) is 10.6 Å². The zero-order chi connectivity index (χ0) is 21.2. The smallest absolute Gasteiger partial charge is 0.302 e. The number of rotatable bonds is 8. The average molecular weight is 397 g/mol. The molecule has 2 rings (SSSR count). The predicted octanol–water partition coefficient (Wildman–Crippen LogP) is 2.04. The Morgan fingerprint density at radius 3 is 2.48 bits per heavy atom. The van der Waals surface area contributed by atoms with Crippen molar-refractivity contribution in [2.75, 3.05) is 13.2 Å². The average Bonchev–Trinajstić information content (AvgIpc) is 2.71. The Kier molecular flexibility index (Phi) is 7.60. The van der Waals surface area contributed by atoms with Gasteiger partial charge in [-0.15, -0.1) is 0 Å². The normalized spacial score (nSPS) is 10.7. The fourth-order valence-electron chi connectivity index (χ4n) is 2.29. The lowest BCUT2D eigenvalue weighted by Gasteiger charge is -2.11. The fourth-order valence-corrected chi connectivity index (χ4v) is 2.29. The molecule has 0 radical (unpaired) electrons. The number of carbonyl (C=O) groups is 3. The fraction of sp³-hybridized carbons (Fsp3) is 0.150. The first-order valence-electron chi connectivity index (χ1n) is 8.61. The van der Waals surface area contributed by atoms with Crippen LogP contribution in [-0.2, 0) is 14.3 Å². The molecule has 0 saturated heterocycles. The highest BCUT2D eigenvalue weighted by molar-refractivity contribution is 6.05. The molecular formula is C20H19N3O6. The van der Waals surface area contributed by atoms with Crippen LogP contribution in [0.5, 0.6) is 0 Å². The van der Waals surface area contributed by atoms with Gasteiger partial charge >= 0.3 is 5.97 Å². The van der Waals surface area contributed by atoms with Crippen molar-refractivity contribution in [3.63, 3.8) is 0 Å². The molecule has 2 aromatic rings. The second-order valence-electron chi connectivity index (χ2n) is 5.83. The standard InChI is InChI=1S/C20H19N3O6/c1-14(24)29-11-10-21-20(26)18(22-19(25)16-7-3-2-4-8-16)13-15-6-5-9-17(12-15)23(27)28/h2-9,12-13H,10-11H2,1H3,(H,21,26)(H,22,25). The molecule has 0 unspecified atom stereocenters. The molecule has 0 atom stereocenters. The number of carbonyl (C=O) groups excluding carboxylic acids is 3. The van der Waals surface area contributed by atoms with E-state index < -0.39 is 22.7 Å². The van der Waals surface area contributed by atoms with E-state index in [9.17, 15) is 24.5 Å². The molecule has 0 saturated carbocycles. The topological polar surface area (TPSA) is 128 Å². The molecule has 9 heteroatoms. The van der Waals surface area contributed by atoms with Gasteiger partial charge in [-0.25, -0.2) is 0 Å². The monoisotopic (exact) mass is 397 g/mol. The highest BCUT2D eigenvalue weighted by Gasteiger charge is 2.15. The Hall–Kier alpha value is -4.01. The van der Waals surface area contributed by atoms with E-state index in [0.29, 0.717) is 11.1 Å². The zero-order valence-electron chi connectivity index (χ0n) is 15.6. The van der Waals surface area contributed by atoms with Gasteiger partial charge in [0.15, 0.2) is 0 Å². The molecule has 29 heavy (non-hydrogen) atoms.